The monoisotopic (exact) mass is 486 g/mol. The Morgan fingerprint density at radius 1 is 0.559 bits per heavy atom. The fraction of sp³-hybridized carbons (Fsp3) is 0.364. The Labute approximate surface area is 208 Å². The zero-order valence-corrected chi connectivity index (χ0v) is 24.1. The second-order valence-electron chi connectivity index (χ2n) is 11.4. The summed E-state index contributed by atoms with van der Waals surface area (Å²) in [6.07, 6.45) is 0. The second kappa shape index (κ2) is 8.89. The van der Waals surface area contributed by atoms with Gasteiger partial charge in [-0.3, -0.25) is 0 Å². The van der Waals surface area contributed by atoms with Crippen LogP contribution in [-0.4, -0.2) is 4.82 Å². The van der Waals surface area contributed by atoms with Gasteiger partial charge in [0.1, 0.15) is 0 Å². The normalized spacial score (nSPS) is 21.9. The molecule has 0 spiro atoms. The van der Waals surface area contributed by atoms with Crippen LogP contribution in [0.3, 0.4) is 0 Å². The Hall–Kier alpha value is -2.02. The van der Waals surface area contributed by atoms with Gasteiger partial charge in [-0.05, 0) is 0 Å². The fourth-order valence-corrected chi connectivity index (χ4v) is 21.1. The van der Waals surface area contributed by atoms with Gasteiger partial charge in [-0.2, -0.15) is 0 Å². The summed E-state index contributed by atoms with van der Waals surface area (Å²) in [5.74, 6) is 0.909. The minimum atomic E-state index is -3.92. The molecule has 2 atom stereocenters. The summed E-state index contributed by atoms with van der Waals surface area (Å²) in [7, 11) is 0. The Kier molecular flexibility index (Phi) is 6.56. The van der Waals surface area contributed by atoms with Gasteiger partial charge in [0.15, 0.2) is 0 Å². The first-order chi connectivity index (χ1) is 16.0. The molecule has 0 aliphatic heterocycles. The molecule has 1 heteroatoms. The Balaban J connectivity index is 2.13. The second-order valence-corrected chi connectivity index (χ2v) is 20.2. The van der Waals surface area contributed by atoms with E-state index in [-0.39, 0.29) is 0 Å². The van der Waals surface area contributed by atoms with Crippen molar-refractivity contribution < 1.29 is 14.8 Å². The van der Waals surface area contributed by atoms with Crippen LogP contribution in [0.5, 0.6) is 0 Å². The number of allylic oxidation sites excluding steroid dienone is 8. The van der Waals surface area contributed by atoms with E-state index in [1.165, 1.54) is 44.6 Å². The van der Waals surface area contributed by atoms with Crippen LogP contribution in [0.4, 0.5) is 0 Å². The van der Waals surface area contributed by atoms with E-state index in [2.05, 4.69) is 116 Å². The molecule has 2 unspecified atom stereocenters. The molecule has 0 saturated heterocycles. The number of hydrogen-bond donors (Lipinski definition) is 0. The van der Waals surface area contributed by atoms with E-state index in [9.17, 15) is 0 Å². The molecule has 2 aliphatic carbocycles. The van der Waals surface area contributed by atoms with Crippen LogP contribution in [0.1, 0.15) is 66.5 Å². The predicted octanol–water partition coefficient (Wildman–Crippen LogP) is 9.03. The van der Waals surface area contributed by atoms with Crippen LogP contribution >= 0.6 is 0 Å². The summed E-state index contributed by atoms with van der Waals surface area (Å²) in [5.41, 5.74) is 12.0. The van der Waals surface area contributed by atoms with Crippen LogP contribution < -0.4 is 0 Å². The van der Waals surface area contributed by atoms with Crippen molar-refractivity contribution in [3.63, 3.8) is 0 Å². The molecule has 2 aromatic carbocycles. The van der Waals surface area contributed by atoms with Crippen molar-refractivity contribution in [2.75, 3.05) is 0 Å². The number of hydrogen-bond acceptors (Lipinski definition) is 0. The van der Waals surface area contributed by atoms with Crippen molar-refractivity contribution in [2.45, 2.75) is 64.8 Å². The van der Waals surface area contributed by atoms with Crippen molar-refractivity contribution in [1.82, 2.24) is 0 Å². The summed E-state index contributed by atoms with van der Waals surface area (Å²) in [6, 6.07) is 22.5. The van der Waals surface area contributed by atoms with E-state index in [1.54, 1.807) is 7.76 Å². The van der Waals surface area contributed by atoms with Gasteiger partial charge in [-0.15, -0.1) is 0 Å². The van der Waals surface area contributed by atoms with Crippen LogP contribution in [0.25, 0.3) is 0 Å². The average Bonchev–Trinajstić information content (AvgIpc) is 3.14. The third-order valence-electron chi connectivity index (χ3n) is 9.64. The molecule has 0 fully saturated rings. The molecule has 0 saturated carbocycles. The SMILES string of the molecule is [CH2]=[Ti]([CH2]c1ccccc1)([CH2]c1ccccc1)([C]1=C(C)C(C)=C(C)C1C)[C]1=C(C)C(C)=C(C)C1C. The molecule has 0 N–H and O–H groups in total. The molecule has 178 valence electrons. The van der Waals surface area contributed by atoms with Crippen molar-refractivity contribution in [3.05, 3.63) is 113 Å². The first kappa shape index (κ1) is 25.1. The first-order valence-electron chi connectivity index (χ1n) is 12.9. The molecule has 0 heterocycles. The van der Waals surface area contributed by atoms with E-state index in [1.807, 2.05) is 0 Å². The maximum atomic E-state index is 5.62. The topological polar surface area (TPSA) is 0 Å². The van der Waals surface area contributed by atoms with Gasteiger partial charge in [0.2, 0.25) is 0 Å². The predicted molar refractivity (Wildman–Crippen MR) is 148 cm³/mol. The summed E-state index contributed by atoms with van der Waals surface area (Å²) in [6.45, 7) is 19.1. The standard InChI is InChI=1S/2C9H13.2C7H7.CH2.Ti/c2*1-6-5-7(2)9(4)8(6)3;2*1-7-5-3-2-4-6-7;;/h2*6H,1-4H3;2*2-6H,1H2;1H2;. The molecule has 4 rings (SSSR count). The molecule has 2 aliphatic rings. The zero-order valence-electron chi connectivity index (χ0n) is 22.5. The maximum absolute atomic E-state index is 5.62. The number of rotatable bonds is 6. The van der Waals surface area contributed by atoms with Crippen molar-refractivity contribution in [1.29, 1.82) is 0 Å². The van der Waals surface area contributed by atoms with Crippen LogP contribution in [0, 0.1) is 11.8 Å². The van der Waals surface area contributed by atoms with Gasteiger partial charge in [0.25, 0.3) is 0 Å². The van der Waals surface area contributed by atoms with Gasteiger partial charge >= 0.3 is 209 Å². The van der Waals surface area contributed by atoms with E-state index in [0.717, 1.165) is 9.45 Å². The van der Waals surface area contributed by atoms with Crippen LogP contribution in [0.2, 0.25) is 0 Å². The Morgan fingerprint density at radius 2 is 0.882 bits per heavy atom. The van der Waals surface area contributed by atoms with Crippen molar-refractivity contribution >= 4 is 4.82 Å². The molecule has 2 aromatic rings. The molecule has 0 radical (unpaired) electrons. The van der Waals surface area contributed by atoms with E-state index in [4.69, 9.17) is 4.82 Å². The van der Waals surface area contributed by atoms with E-state index >= 15 is 0 Å². The summed E-state index contributed by atoms with van der Waals surface area (Å²) < 4.78 is 5.59. The van der Waals surface area contributed by atoms with Gasteiger partial charge in [0, 0.05) is 0 Å². The first-order valence-corrected chi connectivity index (χ1v) is 17.8. The average molecular weight is 487 g/mol. The third kappa shape index (κ3) is 3.75. The summed E-state index contributed by atoms with van der Waals surface area (Å²) >= 11 is -3.92. The van der Waals surface area contributed by atoms with Gasteiger partial charge in [-0.25, -0.2) is 0 Å². The van der Waals surface area contributed by atoms with Gasteiger partial charge < -0.3 is 0 Å². The molecule has 0 nitrogen and oxygen atoms in total. The van der Waals surface area contributed by atoms with Crippen molar-refractivity contribution in [3.8, 4) is 0 Å². The third-order valence-corrected chi connectivity index (χ3v) is 20.5. The van der Waals surface area contributed by atoms with Gasteiger partial charge in [-0.1, -0.05) is 0 Å². The molecule has 0 amide bonds. The molecular weight excluding hydrogens is 444 g/mol. The molecule has 0 bridgehead atoms. The number of benzene rings is 2. The van der Waals surface area contributed by atoms with E-state index in [0.29, 0.717) is 11.8 Å². The Bertz CT molecular complexity index is 1210. The fourth-order valence-electron chi connectivity index (χ4n) is 7.61. The molecular formula is C33H42Ti. The Morgan fingerprint density at radius 3 is 1.15 bits per heavy atom. The molecule has 34 heavy (non-hydrogen) atoms. The minimum absolute atomic E-state index is 0.454. The van der Waals surface area contributed by atoms with Crippen LogP contribution in [-0.2, 0) is 24.3 Å². The van der Waals surface area contributed by atoms with Gasteiger partial charge in [0.05, 0.1) is 0 Å². The molecule has 0 aromatic heterocycles. The zero-order chi connectivity index (χ0) is 24.9. The van der Waals surface area contributed by atoms with Crippen molar-refractivity contribution in [2.24, 2.45) is 11.8 Å². The quantitative estimate of drug-likeness (QED) is 0.357. The summed E-state index contributed by atoms with van der Waals surface area (Å²) in [4.78, 5) is 5.62. The van der Waals surface area contributed by atoms with E-state index < -0.39 is 14.8 Å². The summed E-state index contributed by atoms with van der Waals surface area (Å²) in [5, 5.41) is 0. The van der Waals surface area contributed by atoms with Crippen LogP contribution in [0.15, 0.2) is 102 Å².